The summed E-state index contributed by atoms with van der Waals surface area (Å²) in [5.74, 6) is 0.423. The Hall–Kier alpha value is -1.02. The van der Waals surface area contributed by atoms with E-state index in [9.17, 15) is 8.42 Å². The lowest BCUT2D eigenvalue weighted by Crippen LogP contribution is -2.34. The van der Waals surface area contributed by atoms with Crippen molar-refractivity contribution in [3.8, 4) is 5.75 Å². The molecule has 120 valence electrons. The van der Waals surface area contributed by atoms with Gasteiger partial charge in [0.15, 0.2) is 0 Å². The van der Waals surface area contributed by atoms with E-state index in [0.29, 0.717) is 23.0 Å². The van der Waals surface area contributed by atoms with Crippen molar-refractivity contribution in [3.05, 3.63) is 23.2 Å². The van der Waals surface area contributed by atoms with Crippen molar-refractivity contribution in [1.29, 1.82) is 0 Å². The normalized spacial score (nSPS) is 11.7. The highest BCUT2D eigenvalue weighted by atomic mass is 35.5. The predicted octanol–water partition coefficient (Wildman–Crippen LogP) is 1.94. The third-order valence-corrected chi connectivity index (χ3v) is 4.69. The lowest BCUT2D eigenvalue weighted by atomic mass is 10.3. The Morgan fingerprint density at radius 2 is 2.10 bits per heavy atom. The van der Waals surface area contributed by atoms with Crippen LogP contribution >= 0.6 is 11.6 Å². The first-order valence-corrected chi connectivity index (χ1v) is 8.51. The number of ether oxygens (including phenoxy) is 1. The van der Waals surface area contributed by atoms with Gasteiger partial charge in [-0.15, -0.1) is 0 Å². The van der Waals surface area contributed by atoms with Gasteiger partial charge in [-0.2, -0.15) is 12.7 Å². The molecule has 6 nitrogen and oxygen atoms in total. The summed E-state index contributed by atoms with van der Waals surface area (Å²) >= 11 is 5.91. The molecule has 1 aromatic carbocycles. The second-order valence-corrected chi connectivity index (χ2v) is 6.67. The van der Waals surface area contributed by atoms with Crippen LogP contribution in [0.5, 0.6) is 5.75 Å². The summed E-state index contributed by atoms with van der Waals surface area (Å²) < 4.78 is 33.2. The Morgan fingerprint density at radius 1 is 1.38 bits per heavy atom. The zero-order chi connectivity index (χ0) is 15.9. The maximum absolute atomic E-state index is 12.2. The summed E-state index contributed by atoms with van der Waals surface area (Å²) in [7, 11) is -0.560. The average molecular weight is 336 g/mol. The fourth-order valence-corrected chi connectivity index (χ4v) is 2.82. The largest absolute Gasteiger partial charge is 0.495 e. The topological polar surface area (TPSA) is 70.7 Å². The summed E-state index contributed by atoms with van der Waals surface area (Å²) in [6.07, 6.45) is 0.745. The second-order valence-electron chi connectivity index (χ2n) is 4.49. The molecule has 0 aliphatic carbocycles. The van der Waals surface area contributed by atoms with Crippen molar-refractivity contribution in [2.45, 2.75) is 13.3 Å². The molecule has 0 aliphatic heterocycles. The summed E-state index contributed by atoms with van der Waals surface area (Å²) in [5.41, 5.74) is 0.412. The van der Waals surface area contributed by atoms with Crippen LogP contribution in [0, 0.1) is 0 Å². The maximum Gasteiger partial charge on any atom is 0.301 e. The Bertz CT molecular complexity index is 552. The molecule has 0 radical (unpaired) electrons. The molecule has 0 unspecified atom stereocenters. The fraction of sp³-hybridized carbons (Fsp3) is 0.538. The van der Waals surface area contributed by atoms with Crippen LogP contribution in [0.15, 0.2) is 18.2 Å². The third kappa shape index (κ3) is 5.70. The van der Waals surface area contributed by atoms with Crippen LogP contribution in [0.25, 0.3) is 0 Å². The Morgan fingerprint density at radius 3 is 2.71 bits per heavy atom. The van der Waals surface area contributed by atoms with Crippen molar-refractivity contribution in [3.63, 3.8) is 0 Å². The summed E-state index contributed by atoms with van der Waals surface area (Å²) in [5, 5.41) is 3.58. The highest BCUT2D eigenvalue weighted by Gasteiger charge is 2.17. The molecule has 0 fully saturated rings. The Labute approximate surface area is 131 Å². The van der Waals surface area contributed by atoms with E-state index in [2.05, 4.69) is 10.0 Å². The SMILES string of the molecule is CCNCCCN(C)S(=O)(=O)Nc1ccc(Cl)c(OC)c1. The second kappa shape index (κ2) is 8.43. The minimum Gasteiger partial charge on any atom is -0.495 e. The van der Waals surface area contributed by atoms with Crippen LogP contribution in [-0.2, 0) is 10.2 Å². The molecule has 0 saturated carbocycles. The molecule has 0 aliphatic rings. The number of hydrogen-bond donors (Lipinski definition) is 2. The minimum atomic E-state index is -3.58. The highest BCUT2D eigenvalue weighted by molar-refractivity contribution is 7.90. The van der Waals surface area contributed by atoms with E-state index in [4.69, 9.17) is 16.3 Å². The van der Waals surface area contributed by atoms with Gasteiger partial charge in [-0.05, 0) is 31.6 Å². The lowest BCUT2D eigenvalue weighted by molar-refractivity contribution is 0.415. The highest BCUT2D eigenvalue weighted by Crippen LogP contribution is 2.27. The summed E-state index contributed by atoms with van der Waals surface area (Å²) in [6.45, 7) is 4.10. The van der Waals surface area contributed by atoms with E-state index >= 15 is 0 Å². The van der Waals surface area contributed by atoms with Crippen molar-refractivity contribution < 1.29 is 13.2 Å². The van der Waals surface area contributed by atoms with Gasteiger partial charge in [-0.1, -0.05) is 18.5 Å². The van der Waals surface area contributed by atoms with E-state index in [1.807, 2.05) is 6.92 Å². The number of nitrogens with zero attached hydrogens (tertiary/aromatic N) is 1. The quantitative estimate of drug-likeness (QED) is 0.677. The number of hydrogen-bond acceptors (Lipinski definition) is 4. The standard InChI is InChI=1S/C13H22ClN3O3S/c1-4-15-8-5-9-17(2)21(18,19)16-11-6-7-12(14)13(10-11)20-3/h6-7,10,15-16H,4-5,8-9H2,1-3H3. The van der Waals surface area contributed by atoms with Crippen LogP contribution in [0.1, 0.15) is 13.3 Å². The monoisotopic (exact) mass is 335 g/mol. The van der Waals surface area contributed by atoms with E-state index < -0.39 is 10.2 Å². The van der Waals surface area contributed by atoms with Gasteiger partial charge in [0.2, 0.25) is 0 Å². The Kier molecular flexibility index (Phi) is 7.24. The van der Waals surface area contributed by atoms with Gasteiger partial charge in [0, 0.05) is 19.7 Å². The van der Waals surface area contributed by atoms with Gasteiger partial charge in [-0.3, -0.25) is 4.72 Å². The van der Waals surface area contributed by atoms with Gasteiger partial charge < -0.3 is 10.1 Å². The van der Waals surface area contributed by atoms with Crippen LogP contribution in [-0.4, -0.2) is 46.5 Å². The number of rotatable bonds is 9. The molecule has 2 N–H and O–H groups in total. The average Bonchev–Trinajstić information content (AvgIpc) is 2.45. The molecule has 0 saturated heterocycles. The van der Waals surface area contributed by atoms with Crippen molar-refractivity contribution in [1.82, 2.24) is 9.62 Å². The molecule has 1 aromatic rings. The molecular weight excluding hydrogens is 314 g/mol. The molecule has 0 heterocycles. The van der Waals surface area contributed by atoms with Gasteiger partial charge in [0.05, 0.1) is 17.8 Å². The molecule has 0 atom stereocenters. The number of nitrogens with one attached hydrogen (secondary N) is 2. The molecular formula is C13H22ClN3O3S. The van der Waals surface area contributed by atoms with E-state index in [1.165, 1.54) is 11.4 Å². The van der Waals surface area contributed by atoms with E-state index in [-0.39, 0.29) is 0 Å². The van der Waals surface area contributed by atoms with E-state index in [1.54, 1.807) is 25.2 Å². The van der Waals surface area contributed by atoms with Gasteiger partial charge in [0.25, 0.3) is 0 Å². The lowest BCUT2D eigenvalue weighted by Gasteiger charge is -2.18. The number of anilines is 1. The first-order chi connectivity index (χ1) is 9.90. The van der Waals surface area contributed by atoms with Crippen molar-refractivity contribution >= 4 is 27.5 Å². The van der Waals surface area contributed by atoms with E-state index in [0.717, 1.165) is 19.5 Å². The van der Waals surface area contributed by atoms with Crippen molar-refractivity contribution in [2.24, 2.45) is 0 Å². The molecule has 1 rings (SSSR count). The smallest absolute Gasteiger partial charge is 0.301 e. The predicted molar refractivity (Wildman–Crippen MR) is 86.3 cm³/mol. The van der Waals surface area contributed by atoms with Crippen LogP contribution in [0.4, 0.5) is 5.69 Å². The first kappa shape index (κ1) is 18.0. The Balaban J connectivity index is 2.66. The maximum atomic E-state index is 12.2. The summed E-state index contributed by atoms with van der Waals surface area (Å²) in [4.78, 5) is 0. The zero-order valence-electron chi connectivity index (χ0n) is 12.5. The molecule has 0 spiro atoms. The molecule has 21 heavy (non-hydrogen) atoms. The zero-order valence-corrected chi connectivity index (χ0v) is 14.1. The van der Waals surface area contributed by atoms with Gasteiger partial charge in [0.1, 0.15) is 5.75 Å². The van der Waals surface area contributed by atoms with Crippen LogP contribution in [0.2, 0.25) is 5.02 Å². The van der Waals surface area contributed by atoms with Crippen LogP contribution < -0.4 is 14.8 Å². The minimum absolute atomic E-state index is 0.412. The van der Waals surface area contributed by atoms with Crippen LogP contribution in [0.3, 0.4) is 0 Å². The van der Waals surface area contributed by atoms with Gasteiger partial charge >= 0.3 is 10.2 Å². The molecule has 0 amide bonds. The number of methoxy groups -OCH3 is 1. The molecule has 8 heteroatoms. The number of benzene rings is 1. The third-order valence-electron chi connectivity index (χ3n) is 2.88. The summed E-state index contributed by atoms with van der Waals surface area (Å²) in [6, 6.07) is 4.73. The first-order valence-electron chi connectivity index (χ1n) is 6.69. The van der Waals surface area contributed by atoms with Crippen molar-refractivity contribution in [2.75, 3.05) is 38.5 Å². The molecule has 0 aromatic heterocycles. The fourth-order valence-electron chi connectivity index (χ4n) is 1.67. The molecule has 0 bridgehead atoms. The number of halogens is 1. The van der Waals surface area contributed by atoms with Gasteiger partial charge in [-0.25, -0.2) is 0 Å².